The quantitative estimate of drug-likeness (QED) is 0.0338. The van der Waals surface area contributed by atoms with Crippen molar-refractivity contribution in [1.29, 1.82) is 0 Å². The summed E-state index contributed by atoms with van der Waals surface area (Å²) in [5.41, 5.74) is 6.58. The van der Waals surface area contributed by atoms with E-state index in [-0.39, 0.29) is 68.6 Å². The molecule has 1 amide bonds. The summed E-state index contributed by atoms with van der Waals surface area (Å²) in [7, 11) is 0. The van der Waals surface area contributed by atoms with Crippen LogP contribution in [-0.4, -0.2) is 26.0 Å². The van der Waals surface area contributed by atoms with Crippen molar-refractivity contribution in [1.82, 2.24) is 20.4 Å². The number of thiol groups is 1. The maximum Gasteiger partial charge on any atom is 0.234 e. The molecule has 0 aliphatic carbocycles. The Morgan fingerprint density at radius 2 is 1.89 bits per heavy atom. The molecule has 0 atom stereocenters. The number of hydrazine groups is 1. The normalized spacial score (nSPS) is 10.8. The number of hydrogen-bond donors (Lipinski definition) is 5. The predicted octanol–water partition coefficient (Wildman–Crippen LogP) is 4.37. The third-order valence-corrected chi connectivity index (χ3v) is 4.69. The molecule has 0 fully saturated rings. The number of carbonyl (C=O) groups is 1. The van der Waals surface area contributed by atoms with Crippen molar-refractivity contribution in [2.75, 3.05) is 10.7 Å². The number of rotatable bonds is 10. The summed E-state index contributed by atoms with van der Waals surface area (Å²) in [6.45, 7) is 1.21. The van der Waals surface area contributed by atoms with E-state index in [9.17, 15) is 9.90 Å². The minimum atomic E-state index is -0.327. The van der Waals surface area contributed by atoms with Gasteiger partial charge in [0, 0.05) is 75.5 Å². The molecule has 0 saturated heterocycles. The van der Waals surface area contributed by atoms with Crippen molar-refractivity contribution in [2.45, 2.75) is 13.5 Å². The van der Waals surface area contributed by atoms with Gasteiger partial charge < -0.3 is 30.8 Å². The van der Waals surface area contributed by atoms with Crippen molar-refractivity contribution in [3.63, 3.8) is 0 Å². The van der Waals surface area contributed by atoms with Crippen LogP contribution in [0.2, 0.25) is 0 Å². The molecular formula is C22H19N8O5SY-. The summed E-state index contributed by atoms with van der Waals surface area (Å²) in [5.74, 6) is -0.318. The van der Waals surface area contributed by atoms with Gasteiger partial charge in [0.15, 0.2) is 5.75 Å². The number of benzene rings is 3. The second-order valence-corrected chi connectivity index (χ2v) is 7.24. The summed E-state index contributed by atoms with van der Waals surface area (Å²) in [6, 6.07) is 16.1. The van der Waals surface area contributed by atoms with Gasteiger partial charge in [-0.2, -0.15) is 5.11 Å². The van der Waals surface area contributed by atoms with E-state index >= 15 is 0 Å². The van der Waals surface area contributed by atoms with Crippen LogP contribution in [0.5, 0.6) is 5.75 Å². The fourth-order valence-corrected chi connectivity index (χ4v) is 3.21. The Hall–Kier alpha value is -3.27. The van der Waals surface area contributed by atoms with Crippen molar-refractivity contribution < 1.29 is 56.9 Å². The summed E-state index contributed by atoms with van der Waals surface area (Å²) in [5, 5.41) is 28.2. The van der Waals surface area contributed by atoms with E-state index in [1.807, 2.05) is 18.2 Å². The third kappa shape index (κ3) is 7.61. The maximum atomic E-state index is 11.3. The standard InChI is InChI=1S/C22H19N8O5S.Y/c1-13(31)27-30-22-24-12-23-21(26-22)25-17-9-5-6-14-10-15(11-33-34-35-36)19(20(32)18(14)17)29-28-16-7-3-2-4-8-16;/h2-10,32,36H,11H2,1H3,(H,27,31)(H2,23,24,25,26,30);/q-1;. The van der Waals surface area contributed by atoms with Gasteiger partial charge in [0.2, 0.25) is 5.91 Å². The molecule has 37 heavy (non-hydrogen) atoms. The summed E-state index contributed by atoms with van der Waals surface area (Å²) < 4.78 is 4.17. The second-order valence-electron chi connectivity index (χ2n) is 7.09. The molecule has 15 heteroatoms. The summed E-state index contributed by atoms with van der Waals surface area (Å²) >= 11 is 3.46. The number of amides is 1. The molecule has 187 valence electrons. The number of azo groups is 1. The van der Waals surface area contributed by atoms with E-state index in [2.05, 4.69) is 70.0 Å². The van der Waals surface area contributed by atoms with Gasteiger partial charge >= 0.3 is 0 Å². The molecule has 1 radical (unpaired) electrons. The van der Waals surface area contributed by atoms with Gasteiger partial charge in [-0.1, -0.05) is 35.4 Å². The number of carbonyl (C=O) groups excluding carboxylic acids is 1. The Morgan fingerprint density at radius 1 is 1.11 bits per heavy atom. The number of aromatic nitrogens is 3. The molecule has 0 unspecified atom stereocenters. The number of hydrogen-bond acceptors (Lipinski definition) is 13. The monoisotopic (exact) mass is 596 g/mol. The Kier molecular flexibility index (Phi) is 10.6. The summed E-state index contributed by atoms with van der Waals surface area (Å²) in [6.07, 6.45) is 2.44. The largest absolute Gasteiger partial charge is 0.505 e. The van der Waals surface area contributed by atoms with Crippen LogP contribution in [0.1, 0.15) is 12.5 Å². The molecule has 0 spiro atoms. The van der Waals surface area contributed by atoms with Crippen LogP contribution in [0.15, 0.2) is 64.8 Å². The Bertz CT molecular complexity index is 1400. The average molecular weight is 596 g/mol. The second kappa shape index (κ2) is 13.9. The van der Waals surface area contributed by atoms with Gasteiger partial charge in [0.25, 0.3) is 0 Å². The van der Waals surface area contributed by atoms with E-state index in [1.54, 1.807) is 36.4 Å². The van der Waals surface area contributed by atoms with Crippen molar-refractivity contribution in [3.05, 3.63) is 66.5 Å². The minimum Gasteiger partial charge on any atom is -0.505 e. The molecule has 4 rings (SSSR count). The number of phenols is 1. The number of anilines is 3. The molecule has 13 nitrogen and oxygen atoms in total. The molecular weight excluding hydrogens is 577 g/mol. The van der Waals surface area contributed by atoms with Crippen molar-refractivity contribution in [3.8, 4) is 5.75 Å². The van der Waals surface area contributed by atoms with Crippen LogP contribution in [0, 0.1) is 6.33 Å². The van der Waals surface area contributed by atoms with Gasteiger partial charge in [-0.3, -0.25) is 10.2 Å². The first-order chi connectivity index (χ1) is 17.5. The Labute approximate surface area is 241 Å². The van der Waals surface area contributed by atoms with Crippen LogP contribution >= 0.6 is 12.9 Å². The molecule has 0 bridgehead atoms. The van der Waals surface area contributed by atoms with Crippen LogP contribution < -0.4 is 16.2 Å². The first kappa shape index (κ1) is 28.3. The number of nitrogens with one attached hydrogen (secondary N) is 3. The first-order valence-corrected chi connectivity index (χ1v) is 10.7. The number of nitrogens with zero attached hydrogens (tertiary/aromatic N) is 5. The van der Waals surface area contributed by atoms with Gasteiger partial charge in [0.1, 0.15) is 24.2 Å². The third-order valence-electron chi connectivity index (χ3n) is 4.63. The van der Waals surface area contributed by atoms with Gasteiger partial charge in [0.05, 0.1) is 5.69 Å². The van der Waals surface area contributed by atoms with Crippen LogP contribution in [0.25, 0.3) is 10.8 Å². The smallest absolute Gasteiger partial charge is 0.234 e. The molecule has 1 aromatic heterocycles. The Balaban J connectivity index is 0.00000380. The fourth-order valence-electron chi connectivity index (χ4n) is 3.16. The van der Waals surface area contributed by atoms with E-state index in [1.165, 1.54) is 6.92 Å². The number of phenolic OH excluding ortho intramolecular Hbond substituents is 1. The molecule has 4 N–H and O–H groups in total. The minimum absolute atomic E-state index is 0. The molecule has 1 heterocycles. The van der Waals surface area contributed by atoms with Crippen LogP contribution in [-0.2, 0) is 58.4 Å². The SMILES string of the molecule is CC(=O)NNc1n[c-]nc(Nc2cccc3cc(COOOS)c(N=Nc4ccccc4)c(O)c23)n1.[Y]. The van der Waals surface area contributed by atoms with E-state index in [0.29, 0.717) is 27.7 Å². The molecule has 3 aromatic carbocycles. The van der Waals surface area contributed by atoms with E-state index in [0.717, 1.165) is 0 Å². The summed E-state index contributed by atoms with van der Waals surface area (Å²) in [4.78, 5) is 28.0. The van der Waals surface area contributed by atoms with E-state index in [4.69, 9.17) is 4.89 Å². The molecule has 0 aliphatic heterocycles. The zero-order chi connectivity index (χ0) is 25.3. The van der Waals surface area contributed by atoms with Crippen molar-refractivity contribution >= 4 is 58.5 Å². The van der Waals surface area contributed by atoms with Crippen molar-refractivity contribution in [2.24, 2.45) is 10.2 Å². The van der Waals surface area contributed by atoms with E-state index < -0.39 is 0 Å². The zero-order valence-electron chi connectivity index (χ0n) is 19.2. The maximum absolute atomic E-state index is 11.3. The number of aromatic hydroxyl groups is 1. The van der Waals surface area contributed by atoms with Gasteiger partial charge in [-0.15, -0.1) is 9.45 Å². The van der Waals surface area contributed by atoms with Crippen LogP contribution in [0.3, 0.4) is 0 Å². The van der Waals surface area contributed by atoms with Gasteiger partial charge in [-0.25, -0.2) is 4.89 Å². The predicted molar refractivity (Wildman–Crippen MR) is 132 cm³/mol. The fraction of sp³-hybridized carbons (Fsp3) is 0.0909. The molecule has 0 aliphatic rings. The molecule has 4 aromatic rings. The zero-order valence-corrected chi connectivity index (χ0v) is 23.0. The molecule has 0 saturated carbocycles. The Morgan fingerprint density at radius 3 is 2.65 bits per heavy atom. The van der Waals surface area contributed by atoms with Crippen LogP contribution in [0.4, 0.5) is 29.0 Å². The first-order valence-electron chi connectivity index (χ1n) is 10.3. The number of fused-ring (bicyclic) bond motifs is 1. The van der Waals surface area contributed by atoms with Gasteiger partial charge in [-0.05, 0) is 29.7 Å². The average Bonchev–Trinajstić information content (AvgIpc) is 2.88. The topological polar surface area (TPSA) is 164 Å².